The summed E-state index contributed by atoms with van der Waals surface area (Å²) in [4.78, 5) is 134. The largest absolute Gasteiger partial charge is 0.480 e. The fraction of sp³-hybridized carbons (Fsp3) is 0.811. The van der Waals surface area contributed by atoms with Crippen molar-refractivity contribution in [1.29, 1.82) is 0 Å². The number of primary amides is 1. The van der Waals surface area contributed by atoms with Gasteiger partial charge in [-0.25, -0.2) is 4.79 Å². The van der Waals surface area contributed by atoms with Crippen LogP contribution in [0.2, 0.25) is 0 Å². The Morgan fingerprint density at radius 2 is 0.773 bits per heavy atom. The zero-order chi connectivity index (χ0) is 57.7. The van der Waals surface area contributed by atoms with E-state index in [2.05, 4.69) is 49.5 Å². The lowest BCUT2D eigenvalue weighted by Gasteiger charge is -2.29. The number of nitrogens with two attached hydrogens (primary N) is 1. The van der Waals surface area contributed by atoms with E-state index >= 15 is 0 Å². The molecule has 432 valence electrons. The molecular formula is C53H97N9O13. The van der Waals surface area contributed by atoms with Crippen LogP contribution in [0.3, 0.4) is 0 Å². The molecule has 13 N–H and O–H groups in total. The predicted octanol–water partition coefficient (Wildman–Crippen LogP) is 2.21. The number of aliphatic carboxylic acids is 1. The molecule has 0 rings (SSSR count). The van der Waals surface area contributed by atoms with E-state index in [9.17, 15) is 63.3 Å². The first kappa shape index (κ1) is 69.6. The number of nitrogens with one attached hydrogen (secondary N) is 8. The average molecular weight is 1070 g/mol. The van der Waals surface area contributed by atoms with Gasteiger partial charge in [-0.2, -0.15) is 0 Å². The van der Waals surface area contributed by atoms with Crippen LogP contribution in [-0.4, -0.2) is 135 Å². The van der Waals surface area contributed by atoms with Crippen LogP contribution in [0.15, 0.2) is 0 Å². The molecule has 0 bridgehead atoms. The molecule has 22 heteroatoms. The Morgan fingerprint density at radius 1 is 0.427 bits per heavy atom. The number of rotatable bonds is 39. The second kappa shape index (κ2) is 36.6. The van der Waals surface area contributed by atoms with Gasteiger partial charge >= 0.3 is 5.97 Å². The Morgan fingerprint density at radius 3 is 1.16 bits per heavy atom. The van der Waals surface area contributed by atoms with Crippen molar-refractivity contribution in [3.05, 3.63) is 0 Å². The molecule has 0 aliphatic carbocycles. The van der Waals surface area contributed by atoms with Gasteiger partial charge in [0.15, 0.2) is 0 Å². The smallest absolute Gasteiger partial charge is 0.326 e. The summed E-state index contributed by atoms with van der Waals surface area (Å²) in [5.41, 5.74) is 5.45. The van der Waals surface area contributed by atoms with Gasteiger partial charge in [0, 0.05) is 6.42 Å². The summed E-state index contributed by atoms with van der Waals surface area (Å²) < 4.78 is 0. The maximum atomic E-state index is 14.1. The Kier molecular flexibility index (Phi) is 34.0. The standard InChI is InChI=1S/C53H97N9O13/c1-14-15-16-17-18-19-35(64)27-44(66)55-37(22-29(2)3)47(68)58-38(23-30(4)5)48(69)56-36(20-21-43(54)65)46(67)57-39(24-31(6)7)50(71)61-42(28-63)51(72)62-45(34(12)13)52(73)59-40(25-32(8)9)49(70)60-41(53(74)75)26-33(10)11/h29-42,45,63-64H,14-28H2,1-13H3,(H2,54,65)(H,55,66)(H,56,69)(H,57,67)(H,58,68)(H,59,73)(H,60,70)(H,61,71)(H,62,72)(H,74,75). The number of amides is 9. The lowest BCUT2D eigenvalue weighted by molar-refractivity contribution is -0.143. The second-order valence-corrected chi connectivity index (χ2v) is 22.5. The van der Waals surface area contributed by atoms with Crippen LogP contribution in [0.25, 0.3) is 0 Å². The summed E-state index contributed by atoms with van der Waals surface area (Å²) in [7, 11) is 0. The molecule has 0 aromatic carbocycles. The molecule has 0 aromatic heterocycles. The van der Waals surface area contributed by atoms with E-state index < -0.39 is 126 Å². The summed E-state index contributed by atoms with van der Waals surface area (Å²) in [6.07, 6.45) is 4.15. The number of aliphatic hydroxyl groups excluding tert-OH is 2. The molecule has 9 atom stereocenters. The SMILES string of the molecule is CCCCCCCC(O)CC(=O)NC(CC(C)C)C(=O)NC(CC(C)C)C(=O)NC(CCC(N)=O)C(=O)NC(CC(C)C)C(=O)NC(CO)C(=O)NC(C(=O)NC(CC(C)C)C(=O)NC(CC(C)C)C(=O)O)C(C)C. The minimum Gasteiger partial charge on any atom is -0.480 e. The van der Waals surface area contributed by atoms with E-state index in [0.717, 1.165) is 32.1 Å². The number of unbranched alkanes of at least 4 members (excludes halogenated alkanes) is 4. The molecule has 0 saturated heterocycles. The molecule has 0 aromatic rings. The van der Waals surface area contributed by atoms with Gasteiger partial charge < -0.3 is 63.6 Å². The molecule has 75 heavy (non-hydrogen) atoms. The van der Waals surface area contributed by atoms with Crippen molar-refractivity contribution in [3.8, 4) is 0 Å². The van der Waals surface area contributed by atoms with Gasteiger partial charge in [-0.3, -0.25) is 43.2 Å². The van der Waals surface area contributed by atoms with Gasteiger partial charge in [0.25, 0.3) is 0 Å². The lowest BCUT2D eigenvalue weighted by Crippen LogP contribution is -2.61. The zero-order valence-electron chi connectivity index (χ0n) is 47.3. The van der Waals surface area contributed by atoms with Crippen molar-refractivity contribution in [2.24, 2.45) is 41.2 Å². The molecule has 0 fully saturated rings. The highest BCUT2D eigenvalue weighted by molar-refractivity contribution is 5.98. The van der Waals surface area contributed by atoms with Gasteiger partial charge in [-0.15, -0.1) is 0 Å². The zero-order valence-corrected chi connectivity index (χ0v) is 47.3. The second-order valence-electron chi connectivity index (χ2n) is 22.5. The van der Waals surface area contributed by atoms with E-state index in [1.807, 2.05) is 41.5 Å². The Bertz CT molecular complexity index is 1830. The van der Waals surface area contributed by atoms with Gasteiger partial charge in [0.1, 0.15) is 48.3 Å². The highest BCUT2D eigenvalue weighted by atomic mass is 16.4. The number of hydrogen-bond acceptors (Lipinski definition) is 12. The third kappa shape index (κ3) is 30.1. The van der Waals surface area contributed by atoms with Crippen LogP contribution in [0.4, 0.5) is 0 Å². The summed E-state index contributed by atoms with van der Waals surface area (Å²) in [6.45, 7) is 22.5. The molecular weight excluding hydrogens is 971 g/mol. The maximum Gasteiger partial charge on any atom is 0.326 e. The molecule has 0 heterocycles. The molecule has 0 aliphatic heterocycles. The van der Waals surface area contributed by atoms with Crippen LogP contribution in [-0.2, 0) is 47.9 Å². The predicted molar refractivity (Wildman–Crippen MR) is 285 cm³/mol. The summed E-state index contributed by atoms with van der Waals surface area (Å²) in [5.74, 6) is -9.54. The van der Waals surface area contributed by atoms with Crippen molar-refractivity contribution in [1.82, 2.24) is 42.5 Å². The van der Waals surface area contributed by atoms with E-state index in [1.165, 1.54) is 0 Å². The Hall–Kier alpha value is -5.38. The number of carbonyl (C=O) groups is 10. The van der Waals surface area contributed by atoms with E-state index in [1.54, 1.807) is 41.5 Å². The molecule has 0 radical (unpaired) electrons. The van der Waals surface area contributed by atoms with Crippen LogP contribution in [0.5, 0.6) is 0 Å². The highest BCUT2D eigenvalue weighted by Gasteiger charge is 2.36. The minimum atomic E-state index is -1.65. The van der Waals surface area contributed by atoms with Crippen molar-refractivity contribution in [2.45, 2.75) is 234 Å². The number of aliphatic hydroxyl groups is 2. The molecule has 0 spiro atoms. The monoisotopic (exact) mass is 1070 g/mol. The lowest BCUT2D eigenvalue weighted by atomic mass is 9.98. The van der Waals surface area contributed by atoms with Crippen LogP contribution < -0.4 is 48.3 Å². The fourth-order valence-corrected chi connectivity index (χ4v) is 8.22. The fourth-order valence-electron chi connectivity index (χ4n) is 8.22. The molecule has 22 nitrogen and oxygen atoms in total. The first-order chi connectivity index (χ1) is 34.9. The van der Waals surface area contributed by atoms with Crippen molar-refractivity contribution in [2.75, 3.05) is 6.61 Å². The van der Waals surface area contributed by atoms with E-state index in [0.29, 0.717) is 6.42 Å². The highest BCUT2D eigenvalue weighted by Crippen LogP contribution is 2.15. The summed E-state index contributed by atoms with van der Waals surface area (Å²) in [6, 6.07) is -10.5. The number of carbonyl (C=O) groups excluding carboxylic acids is 9. The first-order valence-electron chi connectivity index (χ1n) is 27.1. The Labute approximate surface area is 445 Å². The van der Waals surface area contributed by atoms with Crippen molar-refractivity contribution >= 4 is 59.1 Å². The third-order valence-electron chi connectivity index (χ3n) is 12.1. The van der Waals surface area contributed by atoms with Crippen molar-refractivity contribution in [3.63, 3.8) is 0 Å². The summed E-state index contributed by atoms with van der Waals surface area (Å²) in [5, 5.41) is 51.3. The number of carboxylic acid groups (broad SMARTS) is 1. The topological polar surface area (TPSA) is 354 Å². The van der Waals surface area contributed by atoms with Gasteiger partial charge in [-0.1, -0.05) is 122 Å². The van der Waals surface area contributed by atoms with Gasteiger partial charge in [0.05, 0.1) is 19.1 Å². The molecule has 9 amide bonds. The summed E-state index contributed by atoms with van der Waals surface area (Å²) >= 11 is 0. The quantitative estimate of drug-likeness (QED) is 0.0394. The van der Waals surface area contributed by atoms with Gasteiger partial charge in [-0.05, 0) is 80.5 Å². The third-order valence-corrected chi connectivity index (χ3v) is 12.1. The van der Waals surface area contributed by atoms with Gasteiger partial charge in [0.2, 0.25) is 53.2 Å². The minimum absolute atomic E-state index is 0.00492. The number of carboxylic acids is 1. The maximum absolute atomic E-state index is 14.1. The number of hydrogen-bond donors (Lipinski definition) is 12. The molecule has 9 unspecified atom stereocenters. The normalized spacial score (nSPS) is 15.2. The van der Waals surface area contributed by atoms with E-state index in [-0.39, 0.29) is 81.0 Å². The average Bonchev–Trinajstić information content (AvgIpc) is 3.28. The van der Waals surface area contributed by atoms with E-state index in [4.69, 9.17) is 5.73 Å². The van der Waals surface area contributed by atoms with Crippen LogP contribution in [0.1, 0.15) is 180 Å². The van der Waals surface area contributed by atoms with Crippen LogP contribution in [0, 0.1) is 35.5 Å². The molecule has 0 aliphatic rings. The first-order valence-corrected chi connectivity index (χ1v) is 27.1. The van der Waals surface area contributed by atoms with Crippen LogP contribution >= 0.6 is 0 Å². The molecule has 0 saturated carbocycles. The Balaban J connectivity index is 6.42. The van der Waals surface area contributed by atoms with Crippen molar-refractivity contribution < 1.29 is 63.3 Å².